The van der Waals surface area contributed by atoms with Crippen molar-refractivity contribution in [2.24, 2.45) is 4.99 Å². The Kier molecular flexibility index (Phi) is 5.69. The van der Waals surface area contributed by atoms with Gasteiger partial charge in [-0.25, -0.2) is 9.79 Å². The van der Waals surface area contributed by atoms with Crippen LogP contribution in [0, 0.1) is 0 Å². The molecule has 31 heavy (non-hydrogen) atoms. The van der Waals surface area contributed by atoms with E-state index >= 15 is 0 Å². The molecule has 0 saturated carbocycles. The maximum absolute atomic E-state index is 13.4. The number of methoxy groups -OCH3 is 1. The number of hydrogen-bond donors (Lipinski definition) is 0. The van der Waals surface area contributed by atoms with Crippen LogP contribution in [0.4, 0.5) is 0 Å². The van der Waals surface area contributed by atoms with Crippen molar-refractivity contribution in [2.75, 3.05) is 7.11 Å². The molecule has 1 atom stereocenters. The van der Waals surface area contributed by atoms with Crippen molar-refractivity contribution in [2.45, 2.75) is 32.7 Å². The monoisotopic (exact) mass is 433 g/mol. The summed E-state index contributed by atoms with van der Waals surface area (Å²) in [4.78, 5) is 35.3. The number of aromatic nitrogens is 2. The molecule has 6 nitrogen and oxygen atoms in total. The van der Waals surface area contributed by atoms with Crippen LogP contribution in [0.5, 0.6) is 0 Å². The fraction of sp³-hybridized carbons (Fsp3) is 0.250. The van der Waals surface area contributed by atoms with Gasteiger partial charge in [-0.2, -0.15) is 0 Å². The SMILES string of the molecule is COC(=O)C1=C(C)N=c2s/c(=C\c3cccnc3)c(=O)n2[C@@H]1c1ccc(C(C)C)cc1. The lowest BCUT2D eigenvalue weighted by Gasteiger charge is -2.24. The lowest BCUT2D eigenvalue weighted by molar-refractivity contribution is -0.136. The summed E-state index contributed by atoms with van der Waals surface area (Å²) in [5.74, 6) is -0.103. The standard InChI is InChI=1S/C24H23N3O3S/c1-14(2)17-7-9-18(10-8-17)21-20(23(29)30-4)15(3)26-24-27(21)22(28)19(31-24)12-16-6-5-11-25-13-16/h5-14,21H,1-4H3/b19-12-/t21-/m1/s1. The minimum atomic E-state index is -0.596. The number of fused-ring (bicyclic) bond motifs is 1. The quantitative estimate of drug-likeness (QED) is 0.593. The Hall–Kier alpha value is -3.32. The summed E-state index contributed by atoms with van der Waals surface area (Å²) in [6.45, 7) is 6.03. The van der Waals surface area contributed by atoms with Gasteiger partial charge in [0, 0.05) is 12.4 Å². The Labute approximate surface area is 183 Å². The van der Waals surface area contributed by atoms with E-state index < -0.39 is 12.0 Å². The van der Waals surface area contributed by atoms with E-state index in [2.05, 4.69) is 23.8 Å². The molecule has 0 spiro atoms. The molecule has 0 saturated heterocycles. The van der Waals surface area contributed by atoms with Gasteiger partial charge in [-0.3, -0.25) is 14.3 Å². The Morgan fingerprint density at radius 3 is 2.58 bits per heavy atom. The Balaban J connectivity index is 1.95. The second-order valence-corrected chi connectivity index (χ2v) is 8.69. The molecule has 3 aromatic rings. The first kappa shape index (κ1) is 20.9. The van der Waals surface area contributed by atoms with Crippen LogP contribution in [-0.4, -0.2) is 22.6 Å². The topological polar surface area (TPSA) is 73.6 Å². The van der Waals surface area contributed by atoms with Crippen molar-refractivity contribution in [1.29, 1.82) is 0 Å². The number of carbonyl (C=O) groups excluding carboxylic acids is 1. The molecule has 1 aliphatic rings. The molecule has 1 aliphatic heterocycles. The minimum absolute atomic E-state index is 0.195. The second-order valence-electron chi connectivity index (χ2n) is 7.68. The number of hydrogen-bond acceptors (Lipinski definition) is 6. The van der Waals surface area contributed by atoms with Crippen LogP contribution >= 0.6 is 11.3 Å². The average Bonchev–Trinajstić information content (AvgIpc) is 3.07. The second kappa shape index (κ2) is 8.43. The summed E-state index contributed by atoms with van der Waals surface area (Å²) in [5.41, 5.74) is 3.59. The lowest BCUT2D eigenvalue weighted by atomic mass is 9.93. The first-order valence-corrected chi connectivity index (χ1v) is 10.8. The Bertz CT molecular complexity index is 1330. The number of allylic oxidation sites excluding steroid dienone is 1. The summed E-state index contributed by atoms with van der Waals surface area (Å²) < 4.78 is 7.18. The average molecular weight is 434 g/mol. The van der Waals surface area contributed by atoms with E-state index in [-0.39, 0.29) is 5.56 Å². The Morgan fingerprint density at radius 1 is 1.23 bits per heavy atom. The van der Waals surface area contributed by atoms with Gasteiger partial charge in [0.1, 0.15) is 0 Å². The summed E-state index contributed by atoms with van der Waals surface area (Å²) in [5, 5.41) is 0. The number of nitrogens with zero attached hydrogens (tertiary/aromatic N) is 3. The molecule has 1 aromatic carbocycles. The molecule has 7 heteroatoms. The smallest absolute Gasteiger partial charge is 0.338 e. The van der Waals surface area contributed by atoms with Gasteiger partial charge in [-0.1, -0.05) is 55.5 Å². The molecule has 0 radical (unpaired) electrons. The zero-order valence-electron chi connectivity index (χ0n) is 17.8. The summed E-state index contributed by atoms with van der Waals surface area (Å²) in [6, 6.07) is 11.1. The molecule has 2 aromatic heterocycles. The summed E-state index contributed by atoms with van der Waals surface area (Å²) in [6.07, 6.45) is 5.18. The van der Waals surface area contributed by atoms with Crippen LogP contribution in [0.1, 0.15) is 49.4 Å². The summed E-state index contributed by atoms with van der Waals surface area (Å²) in [7, 11) is 1.34. The maximum atomic E-state index is 13.4. The zero-order valence-corrected chi connectivity index (χ0v) is 18.6. The third-order valence-corrected chi connectivity index (χ3v) is 6.31. The van der Waals surface area contributed by atoms with Crippen LogP contribution in [0.2, 0.25) is 0 Å². The first-order chi connectivity index (χ1) is 14.9. The maximum Gasteiger partial charge on any atom is 0.338 e. The zero-order chi connectivity index (χ0) is 22.1. The molecule has 0 aliphatic carbocycles. The highest BCUT2D eigenvalue weighted by molar-refractivity contribution is 7.07. The largest absolute Gasteiger partial charge is 0.466 e. The van der Waals surface area contributed by atoms with Crippen molar-refractivity contribution >= 4 is 23.4 Å². The molecule has 4 rings (SSSR count). The Morgan fingerprint density at radius 2 is 1.97 bits per heavy atom. The number of ether oxygens (including phenoxy) is 1. The number of esters is 1. The lowest BCUT2D eigenvalue weighted by Crippen LogP contribution is -2.39. The van der Waals surface area contributed by atoms with Crippen molar-refractivity contribution < 1.29 is 9.53 Å². The van der Waals surface area contributed by atoms with Gasteiger partial charge < -0.3 is 4.74 Å². The number of thiazole rings is 1. The molecule has 0 fully saturated rings. The van der Waals surface area contributed by atoms with Crippen LogP contribution in [0.25, 0.3) is 6.08 Å². The molecule has 0 N–H and O–H groups in total. The van der Waals surface area contributed by atoms with E-state index in [1.807, 2.05) is 36.4 Å². The predicted octanol–water partition coefficient (Wildman–Crippen LogP) is 2.93. The third-order valence-electron chi connectivity index (χ3n) is 5.33. The number of carbonyl (C=O) groups is 1. The van der Waals surface area contributed by atoms with Crippen LogP contribution in [0.15, 0.2) is 69.8 Å². The number of pyridine rings is 1. The molecule has 0 unspecified atom stereocenters. The van der Waals surface area contributed by atoms with E-state index in [1.165, 1.54) is 24.0 Å². The highest BCUT2D eigenvalue weighted by Crippen LogP contribution is 2.31. The fourth-order valence-corrected chi connectivity index (χ4v) is 4.73. The van der Waals surface area contributed by atoms with Crippen molar-refractivity contribution in [1.82, 2.24) is 9.55 Å². The molecule has 3 heterocycles. The fourth-order valence-electron chi connectivity index (χ4n) is 3.68. The van der Waals surface area contributed by atoms with E-state index in [9.17, 15) is 9.59 Å². The molecular weight excluding hydrogens is 410 g/mol. The molecule has 0 amide bonds. The van der Waals surface area contributed by atoms with Crippen molar-refractivity contribution in [3.8, 4) is 0 Å². The van der Waals surface area contributed by atoms with Gasteiger partial charge in [-0.15, -0.1) is 0 Å². The highest BCUT2D eigenvalue weighted by atomic mass is 32.1. The molecular formula is C24H23N3O3S. The van der Waals surface area contributed by atoms with Crippen molar-refractivity contribution in [3.63, 3.8) is 0 Å². The molecule has 0 bridgehead atoms. The van der Waals surface area contributed by atoms with Gasteiger partial charge in [0.25, 0.3) is 5.56 Å². The molecule has 158 valence electrons. The van der Waals surface area contributed by atoms with E-state index in [1.54, 1.807) is 30.0 Å². The van der Waals surface area contributed by atoms with Gasteiger partial charge in [0.15, 0.2) is 4.80 Å². The van der Waals surface area contributed by atoms with Crippen LogP contribution < -0.4 is 14.9 Å². The minimum Gasteiger partial charge on any atom is -0.466 e. The number of rotatable bonds is 4. The van der Waals surface area contributed by atoms with Crippen molar-refractivity contribution in [3.05, 3.63) is 96.4 Å². The summed E-state index contributed by atoms with van der Waals surface area (Å²) >= 11 is 1.30. The van der Waals surface area contributed by atoms with Gasteiger partial charge in [0.05, 0.1) is 29.0 Å². The van der Waals surface area contributed by atoms with Crippen LogP contribution in [-0.2, 0) is 9.53 Å². The normalized spacial score (nSPS) is 16.3. The van der Waals surface area contributed by atoms with Crippen LogP contribution in [0.3, 0.4) is 0 Å². The van der Waals surface area contributed by atoms with E-state index in [4.69, 9.17) is 4.74 Å². The van der Waals surface area contributed by atoms with Gasteiger partial charge in [-0.05, 0) is 41.7 Å². The first-order valence-electron chi connectivity index (χ1n) is 10.0. The predicted molar refractivity (Wildman–Crippen MR) is 121 cm³/mol. The number of benzene rings is 1. The third kappa shape index (κ3) is 3.88. The van der Waals surface area contributed by atoms with Gasteiger partial charge in [0.2, 0.25) is 0 Å². The van der Waals surface area contributed by atoms with E-state index in [0.29, 0.717) is 26.5 Å². The highest BCUT2D eigenvalue weighted by Gasteiger charge is 2.33. The van der Waals surface area contributed by atoms with E-state index in [0.717, 1.165) is 11.1 Å². The van der Waals surface area contributed by atoms with Gasteiger partial charge >= 0.3 is 5.97 Å².